The maximum absolute atomic E-state index is 12.8. The van der Waals surface area contributed by atoms with E-state index in [4.69, 9.17) is 9.84 Å². The van der Waals surface area contributed by atoms with Crippen LogP contribution in [0.1, 0.15) is 12.1 Å². The van der Waals surface area contributed by atoms with E-state index in [1.165, 1.54) is 24.3 Å². The van der Waals surface area contributed by atoms with Crippen LogP contribution in [0.5, 0.6) is 5.75 Å². The minimum atomic E-state index is -1.25. The van der Waals surface area contributed by atoms with Crippen LogP contribution < -0.4 is 10.1 Å². The number of carbonyl (C=O) groups is 2. The van der Waals surface area contributed by atoms with E-state index in [0.29, 0.717) is 6.42 Å². The van der Waals surface area contributed by atoms with E-state index in [-0.39, 0.29) is 24.6 Å². The summed E-state index contributed by atoms with van der Waals surface area (Å²) >= 11 is 0. The van der Waals surface area contributed by atoms with Gasteiger partial charge in [-0.25, -0.2) is 9.18 Å². The van der Waals surface area contributed by atoms with E-state index in [2.05, 4.69) is 10.4 Å². The summed E-state index contributed by atoms with van der Waals surface area (Å²) in [4.78, 5) is 23.0. The summed E-state index contributed by atoms with van der Waals surface area (Å²) in [5, 5.41) is 15.7. The molecule has 2 rings (SSSR count). The van der Waals surface area contributed by atoms with Crippen molar-refractivity contribution in [2.45, 2.75) is 18.9 Å². The van der Waals surface area contributed by atoms with Crippen molar-refractivity contribution in [3.63, 3.8) is 0 Å². The van der Waals surface area contributed by atoms with Crippen LogP contribution in [0.15, 0.2) is 36.5 Å². The average molecular weight is 335 g/mol. The Balaban J connectivity index is 1.82. The van der Waals surface area contributed by atoms with Gasteiger partial charge in [0.05, 0.1) is 6.54 Å². The van der Waals surface area contributed by atoms with Crippen LogP contribution in [0.25, 0.3) is 0 Å². The molecular formula is C16H18FN3O4. The quantitative estimate of drug-likeness (QED) is 0.754. The first-order chi connectivity index (χ1) is 11.5. The fourth-order valence-corrected chi connectivity index (χ4v) is 2.04. The molecule has 128 valence electrons. The second kappa shape index (κ2) is 8.09. The Bertz CT molecular complexity index is 700. The van der Waals surface area contributed by atoms with Crippen molar-refractivity contribution in [2.75, 3.05) is 6.54 Å². The molecule has 0 aliphatic carbocycles. The molecule has 1 amide bonds. The molecule has 1 heterocycles. The zero-order chi connectivity index (χ0) is 17.5. The van der Waals surface area contributed by atoms with Gasteiger partial charge in [-0.3, -0.25) is 9.48 Å². The highest BCUT2D eigenvalue weighted by molar-refractivity contribution is 5.78. The molecule has 0 spiro atoms. The van der Waals surface area contributed by atoms with Crippen LogP contribution in [-0.2, 0) is 23.1 Å². The van der Waals surface area contributed by atoms with Gasteiger partial charge in [-0.1, -0.05) is 0 Å². The number of aromatic nitrogens is 2. The van der Waals surface area contributed by atoms with Gasteiger partial charge in [0.15, 0.2) is 0 Å². The lowest BCUT2D eigenvalue weighted by atomic mass is 10.2. The summed E-state index contributed by atoms with van der Waals surface area (Å²) in [6.45, 7) is -0.184. The number of ether oxygens (including phenoxy) is 1. The predicted octanol–water partition coefficient (Wildman–Crippen LogP) is 1.14. The fraction of sp³-hybridized carbons (Fsp3) is 0.312. The SMILES string of the molecule is Cn1nccc1CCC(=O)NCC(Oc1ccc(F)cc1)C(=O)O. The molecule has 7 nitrogen and oxygen atoms in total. The first-order valence-electron chi connectivity index (χ1n) is 7.34. The maximum Gasteiger partial charge on any atom is 0.346 e. The number of nitrogens with zero attached hydrogens (tertiary/aromatic N) is 2. The number of amides is 1. The number of benzene rings is 1. The van der Waals surface area contributed by atoms with Crippen molar-refractivity contribution in [1.29, 1.82) is 0 Å². The Morgan fingerprint density at radius 1 is 1.33 bits per heavy atom. The van der Waals surface area contributed by atoms with Gasteiger partial charge >= 0.3 is 5.97 Å². The maximum atomic E-state index is 12.8. The fourth-order valence-electron chi connectivity index (χ4n) is 2.04. The number of halogens is 1. The molecular weight excluding hydrogens is 317 g/mol. The minimum Gasteiger partial charge on any atom is -0.478 e. The third-order valence-electron chi connectivity index (χ3n) is 3.38. The number of rotatable bonds is 8. The molecule has 2 N–H and O–H groups in total. The molecule has 0 radical (unpaired) electrons. The van der Waals surface area contributed by atoms with Crippen molar-refractivity contribution in [3.8, 4) is 5.75 Å². The van der Waals surface area contributed by atoms with E-state index in [1.54, 1.807) is 17.9 Å². The molecule has 0 saturated heterocycles. The van der Waals surface area contributed by atoms with Gasteiger partial charge in [0, 0.05) is 25.4 Å². The Kier molecular flexibility index (Phi) is 5.89. The van der Waals surface area contributed by atoms with Crippen LogP contribution in [0.3, 0.4) is 0 Å². The van der Waals surface area contributed by atoms with Gasteiger partial charge in [-0.15, -0.1) is 0 Å². The summed E-state index contributed by atoms with van der Waals surface area (Å²) in [6.07, 6.45) is 1.10. The molecule has 1 aromatic carbocycles. The van der Waals surface area contributed by atoms with Crippen LogP contribution in [0.4, 0.5) is 4.39 Å². The second-order valence-electron chi connectivity index (χ2n) is 5.15. The molecule has 8 heteroatoms. The van der Waals surface area contributed by atoms with Gasteiger partial charge < -0.3 is 15.2 Å². The number of aryl methyl sites for hydroxylation is 2. The van der Waals surface area contributed by atoms with Crippen molar-refractivity contribution >= 4 is 11.9 Å². The summed E-state index contributed by atoms with van der Waals surface area (Å²) in [6, 6.07) is 6.80. The highest BCUT2D eigenvalue weighted by atomic mass is 19.1. The highest BCUT2D eigenvalue weighted by Gasteiger charge is 2.20. The number of carboxylic acids is 1. The Morgan fingerprint density at radius 3 is 2.62 bits per heavy atom. The molecule has 24 heavy (non-hydrogen) atoms. The van der Waals surface area contributed by atoms with E-state index >= 15 is 0 Å². The predicted molar refractivity (Wildman–Crippen MR) is 83.0 cm³/mol. The van der Waals surface area contributed by atoms with E-state index in [0.717, 1.165) is 5.69 Å². The zero-order valence-electron chi connectivity index (χ0n) is 13.1. The van der Waals surface area contributed by atoms with Gasteiger partial charge in [-0.2, -0.15) is 5.10 Å². The molecule has 0 saturated carbocycles. The number of carbonyl (C=O) groups excluding carboxylic acids is 1. The lowest BCUT2D eigenvalue weighted by molar-refractivity contribution is -0.145. The molecule has 0 aliphatic heterocycles. The first kappa shape index (κ1) is 17.5. The van der Waals surface area contributed by atoms with Crippen LogP contribution in [0.2, 0.25) is 0 Å². The number of aliphatic carboxylic acids is 1. The van der Waals surface area contributed by atoms with Gasteiger partial charge in [-0.05, 0) is 36.8 Å². The summed E-state index contributed by atoms with van der Waals surface area (Å²) in [5.41, 5.74) is 0.905. The first-order valence-corrected chi connectivity index (χ1v) is 7.34. The lowest BCUT2D eigenvalue weighted by Crippen LogP contribution is -2.40. The monoisotopic (exact) mass is 335 g/mol. The summed E-state index contributed by atoms with van der Waals surface area (Å²) < 4.78 is 19.8. The third kappa shape index (κ3) is 5.08. The molecule has 2 aromatic rings. The van der Waals surface area contributed by atoms with Gasteiger partial charge in [0.2, 0.25) is 12.0 Å². The van der Waals surface area contributed by atoms with Crippen molar-refractivity contribution < 1.29 is 23.8 Å². The van der Waals surface area contributed by atoms with E-state index in [9.17, 15) is 14.0 Å². The van der Waals surface area contributed by atoms with Crippen molar-refractivity contribution in [3.05, 3.63) is 48.0 Å². The normalized spacial score (nSPS) is 11.8. The van der Waals surface area contributed by atoms with Crippen LogP contribution in [-0.4, -0.2) is 39.4 Å². The highest BCUT2D eigenvalue weighted by Crippen LogP contribution is 2.13. The largest absolute Gasteiger partial charge is 0.478 e. The van der Waals surface area contributed by atoms with Gasteiger partial charge in [0.25, 0.3) is 0 Å². The molecule has 1 unspecified atom stereocenters. The topological polar surface area (TPSA) is 93.5 Å². The molecule has 1 aromatic heterocycles. The number of nitrogens with one attached hydrogen (secondary N) is 1. The molecule has 0 fully saturated rings. The second-order valence-corrected chi connectivity index (χ2v) is 5.15. The minimum absolute atomic E-state index is 0.184. The molecule has 0 bridgehead atoms. The molecule has 0 aliphatic rings. The van der Waals surface area contributed by atoms with Crippen molar-refractivity contribution in [2.24, 2.45) is 7.05 Å². The smallest absolute Gasteiger partial charge is 0.346 e. The van der Waals surface area contributed by atoms with Gasteiger partial charge in [0.1, 0.15) is 11.6 Å². The summed E-state index contributed by atoms with van der Waals surface area (Å²) in [5.74, 6) is -1.73. The number of hydrogen-bond donors (Lipinski definition) is 2. The van der Waals surface area contributed by atoms with E-state index in [1.807, 2.05) is 6.07 Å². The van der Waals surface area contributed by atoms with Crippen LogP contribution >= 0.6 is 0 Å². The number of carboxylic acid groups (broad SMARTS) is 1. The Morgan fingerprint density at radius 2 is 2.04 bits per heavy atom. The average Bonchev–Trinajstić information content (AvgIpc) is 2.96. The number of hydrogen-bond acceptors (Lipinski definition) is 4. The Labute approximate surface area is 138 Å². The lowest BCUT2D eigenvalue weighted by Gasteiger charge is -2.16. The zero-order valence-corrected chi connectivity index (χ0v) is 13.1. The Hall–Kier alpha value is -2.90. The van der Waals surface area contributed by atoms with Crippen LogP contribution in [0, 0.1) is 5.82 Å². The summed E-state index contributed by atoms with van der Waals surface area (Å²) in [7, 11) is 1.78. The third-order valence-corrected chi connectivity index (χ3v) is 3.38. The van der Waals surface area contributed by atoms with Crippen molar-refractivity contribution in [1.82, 2.24) is 15.1 Å². The molecule has 1 atom stereocenters. The standard InChI is InChI=1S/C16H18FN3O4/c1-20-12(8-9-19-20)4-7-15(21)18-10-14(16(22)23)24-13-5-2-11(17)3-6-13/h2-3,5-6,8-9,14H,4,7,10H2,1H3,(H,18,21)(H,22,23). The van der Waals surface area contributed by atoms with E-state index < -0.39 is 17.9 Å².